The van der Waals surface area contributed by atoms with Gasteiger partial charge in [-0.2, -0.15) is 13.2 Å². The second kappa shape index (κ2) is 7.76. The van der Waals surface area contributed by atoms with Crippen molar-refractivity contribution in [1.29, 1.82) is 0 Å². The van der Waals surface area contributed by atoms with E-state index in [2.05, 4.69) is 6.07 Å². The molecule has 2 fully saturated rings. The molecule has 0 radical (unpaired) electrons. The van der Waals surface area contributed by atoms with Gasteiger partial charge in [-0.3, -0.25) is 0 Å². The van der Waals surface area contributed by atoms with Crippen LogP contribution in [0, 0.1) is 0 Å². The first-order chi connectivity index (χ1) is 13.9. The molecule has 4 rings (SSSR count). The molecule has 0 spiro atoms. The summed E-state index contributed by atoms with van der Waals surface area (Å²) in [6, 6.07) is 6.14. The number of halogens is 3. The van der Waals surface area contributed by atoms with E-state index in [1.807, 2.05) is 44.7 Å². The molecule has 30 heavy (non-hydrogen) atoms. The van der Waals surface area contributed by atoms with Crippen molar-refractivity contribution in [3.05, 3.63) is 23.2 Å². The molecule has 0 unspecified atom stereocenters. The van der Waals surface area contributed by atoms with Crippen LogP contribution in [0.2, 0.25) is 0 Å². The first-order valence-corrected chi connectivity index (χ1v) is 11.3. The lowest BCUT2D eigenvalue weighted by molar-refractivity contribution is -0.138. The van der Waals surface area contributed by atoms with Crippen molar-refractivity contribution < 1.29 is 22.5 Å². The minimum absolute atomic E-state index is 0.0908. The Labute approximate surface area is 179 Å². The van der Waals surface area contributed by atoms with E-state index in [1.54, 1.807) is 11.3 Å². The van der Waals surface area contributed by atoms with Gasteiger partial charge in [-0.1, -0.05) is 6.07 Å². The van der Waals surface area contributed by atoms with E-state index in [9.17, 15) is 13.2 Å². The van der Waals surface area contributed by atoms with Crippen molar-refractivity contribution in [2.75, 3.05) is 19.6 Å². The molecule has 2 aliphatic heterocycles. The zero-order valence-electron chi connectivity index (χ0n) is 17.9. The van der Waals surface area contributed by atoms with Crippen molar-refractivity contribution in [2.24, 2.45) is 0 Å². The summed E-state index contributed by atoms with van der Waals surface area (Å²) in [5, 5.41) is 1.08. The highest BCUT2D eigenvalue weighted by Gasteiger charge is 2.51. The van der Waals surface area contributed by atoms with Crippen LogP contribution in [0.1, 0.15) is 57.9 Å². The maximum atomic E-state index is 12.4. The average Bonchev–Trinajstić information content (AvgIpc) is 3.17. The molecular weight excluding hydrogens is 412 g/mol. The number of nitrogens with zero attached hydrogens (tertiary/aromatic N) is 2. The van der Waals surface area contributed by atoms with Crippen molar-refractivity contribution in [3.8, 4) is 0 Å². The van der Waals surface area contributed by atoms with E-state index in [4.69, 9.17) is 14.3 Å². The fraction of sp³-hybridized carbons (Fsp3) is 0.667. The van der Waals surface area contributed by atoms with Crippen LogP contribution < -0.4 is 5.46 Å². The van der Waals surface area contributed by atoms with Gasteiger partial charge in [-0.25, -0.2) is 4.98 Å². The lowest BCUT2D eigenvalue weighted by Gasteiger charge is -2.32. The Bertz CT molecular complexity index is 891. The number of hydrogen-bond acceptors (Lipinski definition) is 5. The Morgan fingerprint density at radius 3 is 2.37 bits per heavy atom. The second-order valence-electron chi connectivity index (χ2n) is 9.35. The van der Waals surface area contributed by atoms with Crippen LogP contribution in [-0.2, 0) is 9.31 Å². The quantitative estimate of drug-likeness (QED) is 0.645. The highest BCUT2D eigenvalue weighted by atomic mass is 32.1. The molecule has 0 aliphatic carbocycles. The van der Waals surface area contributed by atoms with Gasteiger partial charge in [0.1, 0.15) is 0 Å². The molecule has 1 aromatic carbocycles. The van der Waals surface area contributed by atoms with Gasteiger partial charge in [0.15, 0.2) is 0 Å². The summed E-state index contributed by atoms with van der Waals surface area (Å²) in [6.07, 6.45) is -3.12. The monoisotopic (exact) mass is 440 g/mol. The Kier molecular flexibility index (Phi) is 5.71. The predicted molar refractivity (Wildman–Crippen MR) is 114 cm³/mol. The topological polar surface area (TPSA) is 34.6 Å². The minimum atomic E-state index is -4.08. The molecule has 0 atom stereocenters. The molecule has 164 valence electrons. The van der Waals surface area contributed by atoms with Crippen molar-refractivity contribution in [3.63, 3.8) is 0 Å². The van der Waals surface area contributed by atoms with E-state index >= 15 is 0 Å². The molecule has 2 saturated heterocycles. The molecule has 0 amide bonds. The van der Waals surface area contributed by atoms with Crippen LogP contribution in [0.4, 0.5) is 13.2 Å². The minimum Gasteiger partial charge on any atom is -0.399 e. The third kappa shape index (κ3) is 4.54. The maximum Gasteiger partial charge on any atom is 0.494 e. The zero-order valence-corrected chi connectivity index (χ0v) is 18.7. The largest absolute Gasteiger partial charge is 0.494 e. The van der Waals surface area contributed by atoms with Gasteiger partial charge in [-0.05, 0) is 71.2 Å². The van der Waals surface area contributed by atoms with Crippen LogP contribution in [-0.4, -0.2) is 54.0 Å². The molecule has 2 aromatic rings. The fourth-order valence-electron chi connectivity index (χ4n) is 3.95. The summed E-state index contributed by atoms with van der Waals surface area (Å²) < 4.78 is 50.8. The van der Waals surface area contributed by atoms with Crippen molar-refractivity contribution >= 4 is 34.1 Å². The summed E-state index contributed by atoms with van der Waals surface area (Å²) >= 11 is 1.68. The third-order valence-corrected chi connectivity index (χ3v) is 7.80. The number of likely N-dealkylation sites (tertiary alicyclic amines) is 1. The summed E-state index contributed by atoms with van der Waals surface area (Å²) in [5.41, 5.74) is 1.11. The number of alkyl halides is 3. The number of hydrogen-bond donors (Lipinski definition) is 0. The van der Waals surface area contributed by atoms with E-state index < -0.39 is 19.7 Å². The SMILES string of the molecule is CC1(C)OB(c2ccc3sc(C4CCN(CCC(F)(F)F)CC4)nc3c2)OC1(C)C. The Morgan fingerprint density at radius 1 is 1.13 bits per heavy atom. The third-order valence-electron chi connectivity index (χ3n) is 6.60. The average molecular weight is 440 g/mol. The summed E-state index contributed by atoms with van der Waals surface area (Å²) in [7, 11) is -0.415. The molecular formula is C21H28BF3N2O2S. The Hall–Kier alpha value is -1.16. The van der Waals surface area contributed by atoms with Crippen LogP contribution in [0.25, 0.3) is 10.2 Å². The molecule has 1 aromatic heterocycles. The molecule has 0 N–H and O–H groups in total. The molecule has 9 heteroatoms. The van der Waals surface area contributed by atoms with Gasteiger partial charge in [-0.15, -0.1) is 11.3 Å². The predicted octanol–water partition coefficient (Wildman–Crippen LogP) is 4.73. The Balaban J connectivity index is 1.43. The fourth-order valence-corrected chi connectivity index (χ4v) is 5.07. The van der Waals surface area contributed by atoms with E-state index in [1.165, 1.54) is 0 Å². The maximum absolute atomic E-state index is 12.4. The smallest absolute Gasteiger partial charge is 0.399 e. The van der Waals surface area contributed by atoms with Crippen LogP contribution >= 0.6 is 11.3 Å². The molecule has 3 heterocycles. The van der Waals surface area contributed by atoms with Crippen molar-refractivity contribution in [2.45, 2.75) is 70.3 Å². The van der Waals surface area contributed by atoms with Gasteiger partial charge >= 0.3 is 13.3 Å². The molecule has 4 nitrogen and oxygen atoms in total. The second-order valence-corrected chi connectivity index (χ2v) is 10.4. The van der Waals surface area contributed by atoms with E-state index in [0.717, 1.165) is 33.5 Å². The molecule has 0 bridgehead atoms. The van der Waals surface area contributed by atoms with Gasteiger partial charge in [0.25, 0.3) is 0 Å². The number of thiazole rings is 1. The Morgan fingerprint density at radius 2 is 1.77 bits per heavy atom. The highest BCUT2D eigenvalue weighted by Crippen LogP contribution is 2.37. The number of benzene rings is 1. The van der Waals surface area contributed by atoms with Crippen LogP contribution in [0.5, 0.6) is 0 Å². The first kappa shape index (κ1) is 22.1. The molecule has 0 saturated carbocycles. The lowest BCUT2D eigenvalue weighted by Crippen LogP contribution is -2.41. The van der Waals surface area contributed by atoms with Gasteiger partial charge in [0, 0.05) is 12.5 Å². The summed E-state index contributed by atoms with van der Waals surface area (Å²) in [4.78, 5) is 6.77. The van der Waals surface area contributed by atoms with E-state index in [0.29, 0.717) is 19.0 Å². The first-order valence-electron chi connectivity index (χ1n) is 10.5. The van der Waals surface area contributed by atoms with Gasteiger partial charge in [0.05, 0.1) is 32.8 Å². The number of fused-ring (bicyclic) bond motifs is 1. The van der Waals surface area contributed by atoms with Crippen molar-refractivity contribution in [1.82, 2.24) is 9.88 Å². The molecule has 2 aliphatic rings. The van der Waals surface area contributed by atoms with Crippen LogP contribution in [0.3, 0.4) is 0 Å². The van der Waals surface area contributed by atoms with Gasteiger partial charge in [0.2, 0.25) is 0 Å². The van der Waals surface area contributed by atoms with Crippen LogP contribution in [0.15, 0.2) is 18.2 Å². The zero-order chi connectivity index (χ0) is 21.7. The standard InChI is InChI=1S/C21H28BF3N2O2S/c1-19(2)20(3,4)29-22(28-19)15-5-6-17-16(13-15)26-18(30-17)14-7-10-27(11-8-14)12-9-21(23,24)25/h5-6,13-14H,7-12H2,1-4H3. The number of aromatic nitrogens is 1. The summed E-state index contributed by atoms with van der Waals surface area (Å²) in [6.45, 7) is 9.61. The van der Waals surface area contributed by atoms with E-state index in [-0.39, 0.29) is 17.7 Å². The van der Waals surface area contributed by atoms with Gasteiger partial charge < -0.3 is 14.2 Å². The summed E-state index contributed by atoms with van der Waals surface area (Å²) in [5.74, 6) is 0.310. The highest BCUT2D eigenvalue weighted by molar-refractivity contribution is 7.18. The number of piperidine rings is 1. The normalized spacial score (nSPS) is 22.8. The lowest BCUT2D eigenvalue weighted by atomic mass is 9.79. The number of rotatable bonds is 4.